The fraction of sp³-hybridized carbons (Fsp3) is 0.333. The highest BCUT2D eigenvalue weighted by Crippen LogP contribution is 2.22. The number of nitrogens with zero attached hydrogens (tertiary/aromatic N) is 2. The number of aromatic nitrogens is 1. The van der Waals surface area contributed by atoms with Crippen LogP contribution in [0.5, 0.6) is 0 Å². The van der Waals surface area contributed by atoms with E-state index in [1.807, 2.05) is 6.07 Å². The van der Waals surface area contributed by atoms with Crippen LogP contribution in [-0.2, 0) is 5.60 Å². The topological polar surface area (TPSA) is 56.9 Å². The summed E-state index contributed by atoms with van der Waals surface area (Å²) >= 11 is 0. The number of aliphatic hydroxyl groups is 1. The van der Waals surface area contributed by atoms with Crippen LogP contribution in [0.4, 0.5) is 0 Å². The number of pyridine rings is 1. The van der Waals surface area contributed by atoms with Crippen molar-refractivity contribution in [1.82, 2.24) is 4.98 Å². The Balaban J connectivity index is 2.91. The Morgan fingerprint density at radius 2 is 2.50 bits per heavy atom. The average Bonchev–Trinajstić information content (AvgIpc) is 2.06. The van der Waals surface area contributed by atoms with Crippen LogP contribution in [0.2, 0.25) is 0 Å². The van der Waals surface area contributed by atoms with E-state index in [0.717, 1.165) is 0 Å². The van der Waals surface area contributed by atoms with E-state index in [9.17, 15) is 5.11 Å². The zero-order valence-electron chi connectivity index (χ0n) is 6.86. The average molecular weight is 162 g/mol. The molecule has 0 aromatic carbocycles. The molecule has 0 aliphatic carbocycles. The Kier molecular flexibility index (Phi) is 2.41. The lowest BCUT2D eigenvalue weighted by Crippen LogP contribution is -2.20. The van der Waals surface area contributed by atoms with Gasteiger partial charge in [0.1, 0.15) is 5.60 Å². The molecule has 1 aromatic rings. The second kappa shape index (κ2) is 3.33. The molecular formula is C9H10N2O. The molecule has 0 fully saturated rings. The lowest BCUT2D eigenvalue weighted by atomic mass is 9.95. The maximum Gasteiger partial charge on any atom is 0.101 e. The van der Waals surface area contributed by atoms with E-state index in [1.165, 1.54) is 0 Å². The van der Waals surface area contributed by atoms with Crippen LogP contribution in [0.1, 0.15) is 18.9 Å². The minimum absolute atomic E-state index is 0.0820. The highest BCUT2D eigenvalue weighted by molar-refractivity contribution is 5.18. The zero-order chi connectivity index (χ0) is 9.03. The fourth-order valence-corrected chi connectivity index (χ4v) is 0.937. The first-order chi connectivity index (χ1) is 5.67. The van der Waals surface area contributed by atoms with E-state index < -0.39 is 5.60 Å². The number of hydrogen-bond acceptors (Lipinski definition) is 3. The van der Waals surface area contributed by atoms with Gasteiger partial charge in [-0.05, 0) is 13.0 Å². The molecule has 3 heteroatoms. The number of rotatable bonds is 2. The largest absolute Gasteiger partial charge is 0.384 e. The van der Waals surface area contributed by atoms with Crippen molar-refractivity contribution in [1.29, 1.82) is 5.26 Å². The molecule has 1 N–H and O–H groups in total. The Bertz CT molecular complexity index is 287. The van der Waals surface area contributed by atoms with Gasteiger partial charge < -0.3 is 5.11 Å². The van der Waals surface area contributed by atoms with Crippen molar-refractivity contribution < 1.29 is 5.11 Å². The van der Waals surface area contributed by atoms with Crippen molar-refractivity contribution in [3.63, 3.8) is 0 Å². The minimum atomic E-state index is -1.08. The lowest BCUT2D eigenvalue weighted by molar-refractivity contribution is 0.0621. The van der Waals surface area contributed by atoms with Crippen LogP contribution in [0, 0.1) is 11.3 Å². The summed E-state index contributed by atoms with van der Waals surface area (Å²) in [5.41, 5.74) is -0.408. The molecule has 0 saturated heterocycles. The molecule has 1 atom stereocenters. The lowest BCUT2D eigenvalue weighted by Gasteiger charge is -2.19. The van der Waals surface area contributed by atoms with Gasteiger partial charge in [-0.15, -0.1) is 0 Å². The summed E-state index contributed by atoms with van der Waals surface area (Å²) in [6, 6.07) is 5.42. The van der Waals surface area contributed by atoms with Gasteiger partial charge in [-0.25, -0.2) is 0 Å². The molecule has 1 aromatic heterocycles. The molecule has 0 aliphatic heterocycles. The minimum Gasteiger partial charge on any atom is -0.384 e. The van der Waals surface area contributed by atoms with Crippen LogP contribution >= 0.6 is 0 Å². The third kappa shape index (κ3) is 1.80. The van der Waals surface area contributed by atoms with Gasteiger partial charge >= 0.3 is 0 Å². The van der Waals surface area contributed by atoms with E-state index in [0.29, 0.717) is 5.56 Å². The first-order valence-electron chi connectivity index (χ1n) is 3.66. The Morgan fingerprint density at radius 3 is 3.00 bits per heavy atom. The van der Waals surface area contributed by atoms with Crippen LogP contribution < -0.4 is 0 Å². The molecule has 0 bridgehead atoms. The van der Waals surface area contributed by atoms with Crippen LogP contribution in [0.3, 0.4) is 0 Å². The van der Waals surface area contributed by atoms with Crippen molar-refractivity contribution in [2.45, 2.75) is 18.9 Å². The van der Waals surface area contributed by atoms with E-state index in [1.54, 1.807) is 31.5 Å². The summed E-state index contributed by atoms with van der Waals surface area (Å²) in [5, 5.41) is 18.2. The molecule has 0 amide bonds. The van der Waals surface area contributed by atoms with Crippen molar-refractivity contribution in [2.75, 3.05) is 0 Å². The summed E-state index contributed by atoms with van der Waals surface area (Å²) in [6.07, 6.45) is 3.28. The second-order valence-electron chi connectivity index (χ2n) is 2.85. The van der Waals surface area contributed by atoms with Crippen LogP contribution in [0.15, 0.2) is 24.5 Å². The van der Waals surface area contributed by atoms with Crippen molar-refractivity contribution in [2.24, 2.45) is 0 Å². The molecule has 0 aliphatic rings. The Morgan fingerprint density at radius 1 is 1.75 bits per heavy atom. The van der Waals surface area contributed by atoms with Gasteiger partial charge in [0.2, 0.25) is 0 Å². The van der Waals surface area contributed by atoms with Crippen molar-refractivity contribution in [3.05, 3.63) is 30.1 Å². The van der Waals surface area contributed by atoms with Gasteiger partial charge in [-0.1, -0.05) is 6.07 Å². The van der Waals surface area contributed by atoms with Gasteiger partial charge in [-0.2, -0.15) is 5.26 Å². The standard InChI is InChI=1S/C9H10N2O/c1-9(12,4-5-10)8-3-2-6-11-7-8/h2-3,6-7,12H,4H2,1H3. The second-order valence-corrected chi connectivity index (χ2v) is 2.85. The molecule has 62 valence electrons. The maximum atomic E-state index is 9.72. The highest BCUT2D eigenvalue weighted by Gasteiger charge is 2.22. The SMILES string of the molecule is CC(O)(CC#N)c1cccnc1. The van der Waals surface area contributed by atoms with E-state index in [4.69, 9.17) is 5.26 Å². The van der Waals surface area contributed by atoms with Gasteiger partial charge in [0, 0.05) is 18.0 Å². The van der Waals surface area contributed by atoms with Gasteiger partial charge in [0.25, 0.3) is 0 Å². The van der Waals surface area contributed by atoms with Gasteiger partial charge in [0.15, 0.2) is 0 Å². The third-order valence-corrected chi connectivity index (χ3v) is 1.71. The molecule has 0 radical (unpaired) electrons. The third-order valence-electron chi connectivity index (χ3n) is 1.71. The molecule has 0 spiro atoms. The normalized spacial score (nSPS) is 14.8. The molecule has 3 nitrogen and oxygen atoms in total. The quantitative estimate of drug-likeness (QED) is 0.710. The number of hydrogen-bond donors (Lipinski definition) is 1. The van der Waals surface area contributed by atoms with E-state index in [-0.39, 0.29) is 6.42 Å². The summed E-state index contributed by atoms with van der Waals surface area (Å²) < 4.78 is 0. The number of nitriles is 1. The first kappa shape index (κ1) is 8.69. The molecule has 1 unspecified atom stereocenters. The summed E-state index contributed by atoms with van der Waals surface area (Å²) in [5.74, 6) is 0. The van der Waals surface area contributed by atoms with E-state index in [2.05, 4.69) is 4.98 Å². The van der Waals surface area contributed by atoms with E-state index >= 15 is 0 Å². The Labute approximate surface area is 71.3 Å². The predicted molar refractivity (Wildman–Crippen MR) is 44.0 cm³/mol. The van der Waals surface area contributed by atoms with Gasteiger partial charge in [0.05, 0.1) is 12.5 Å². The fourth-order valence-electron chi connectivity index (χ4n) is 0.937. The van der Waals surface area contributed by atoms with Crippen molar-refractivity contribution >= 4 is 0 Å². The predicted octanol–water partition coefficient (Wildman–Crippen LogP) is 1.20. The molecule has 12 heavy (non-hydrogen) atoms. The smallest absolute Gasteiger partial charge is 0.101 e. The monoisotopic (exact) mass is 162 g/mol. The summed E-state index contributed by atoms with van der Waals surface area (Å²) in [6.45, 7) is 1.60. The maximum absolute atomic E-state index is 9.72. The zero-order valence-corrected chi connectivity index (χ0v) is 6.86. The Hall–Kier alpha value is -1.40. The molecule has 0 saturated carbocycles. The van der Waals surface area contributed by atoms with Crippen molar-refractivity contribution in [3.8, 4) is 6.07 Å². The van der Waals surface area contributed by atoms with Gasteiger partial charge in [-0.3, -0.25) is 4.98 Å². The highest BCUT2D eigenvalue weighted by atomic mass is 16.3. The summed E-state index contributed by atoms with van der Waals surface area (Å²) in [7, 11) is 0. The first-order valence-corrected chi connectivity index (χ1v) is 3.66. The summed E-state index contributed by atoms with van der Waals surface area (Å²) in [4.78, 5) is 3.86. The molecule has 1 rings (SSSR count). The molecular weight excluding hydrogens is 152 g/mol. The van der Waals surface area contributed by atoms with Crippen LogP contribution in [0.25, 0.3) is 0 Å². The molecule has 1 heterocycles. The van der Waals surface area contributed by atoms with Crippen LogP contribution in [-0.4, -0.2) is 10.1 Å².